The molecule has 86 valence electrons. The molecule has 0 aliphatic carbocycles. The number of aryl methyl sites for hydroxylation is 1. The van der Waals surface area contributed by atoms with E-state index < -0.39 is 0 Å². The predicted molar refractivity (Wildman–Crippen MR) is 69.7 cm³/mol. The fourth-order valence-corrected chi connectivity index (χ4v) is 0.819. The van der Waals surface area contributed by atoms with Crippen LogP contribution in [-0.2, 0) is 0 Å². The van der Waals surface area contributed by atoms with Crippen LogP contribution in [0.2, 0.25) is 0 Å². The maximum atomic E-state index is 5.42. The number of nitrogens with zero attached hydrogens (tertiary/aromatic N) is 1. The van der Waals surface area contributed by atoms with Gasteiger partial charge in [0.2, 0.25) is 0 Å². The average molecular weight is 209 g/mol. The lowest BCUT2D eigenvalue weighted by Crippen LogP contribution is -1.85. The summed E-state index contributed by atoms with van der Waals surface area (Å²) in [6, 6.07) is 0. The van der Waals surface area contributed by atoms with Crippen LogP contribution in [0.1, 0.15) is 39.1 Å². The molecule has 1 heterocycles. The van der Waals surface area contributed by atoms with Crippen LogP contribution in [0.5, 0.6) is 0 Å². The zero-order chi connectivity index (χ0) is 12.3. The number of hydrogen-bond donors (Lipinski definition) is 2. The first-order valence-electron chi connectivity index (χ1n) is 5.35. The van der Waals surface area contributed by atoms with E-state index in [1.807, 2.05) is 46.8 Å². The number of nitrogens with one attached hydrogen (secondary N) is 1. The molecule has 3 N–H and O–H groups in total. The smallest absolute Gasteiger partial charge is 0.198 e. The van der Waals surface area contributed by atoms with Crippen LogP contribution in [-0.4, -0.2) is 9.97 Å². The highest BCUT2D eigenvalue weighted by Gasteiger charge is 1.97. The number of aromatic amines is 1. The van der Waals surface area contributed by atoms with E-state index in [0.29, 0.717) is 5.95 Å². The van der Waals surface area contributed by atoms with Crippen LogP contribution in [0.15, 0.2) is 18.7 Å². The molecule has 1 aromatic heterocycles. The quantitative estimate of drug-likeness (QED) is 0.732. The van der Waals surface area contributed by atoms with Crippen molar-refractivity contribution in [3.05, 3.63) is 30.1 Å². The minimum absolute atomic E-state index is 0.450. The lowest BCUT2D eigenvalue weighted by Gasteiger charge is -1.83. The third-order valence-corrected chi connectivity index (χ3v) is 1.33. The number of anilines is 1. The maximum Gasteiger partial charge on any atom is 0.198 e. The molecule has 1 aromatic rings. The van der Waals surface area contributed by atoms with Gasteiger partial charge < -0.3 is 10.7 Å². The van der Waals surface area contributed by atoms with Crippen molar-refractivity contribution in [3.63, 3.8) is 0 Å². The highest BCUT2D eigenvalue weighted by Crippen LogP contribution is 2.07. The number of H-pyrrole nitrogens is 1. The highest BCUT2D eigenvalue weighted by atomic mass is 15.0. The van der Waals surface area contributed by atoms with Gasteiger partial charge in [-0.15, -0.1) is 0 Å². The van der Waals surface area contributed by atoms with Gasteiger partial charge in [-0.05, 0) is 13.0 Å². The van der Waals surface area contributed by atoms with Crippen molar-refractivity contribution in [2.75, 3.05) is 5.73 Å². The maximum absolute atomic E-state index is 5.42. The Labute approximate surface area is 93.1 Å². The van der Waals surface area contributed by atoms with Crippen LogP contribution in [0.3, 0.4) is 0 Å². The molecular weight excluding hydrogens is 186 g/mol. The minimum Gasteiger partial charge on any atom is -0.369 e. The third-order valence-electron chi connectivity index (χ3n) is 1.33. The van der Waals surface area contributed by atoms with Crippen LogP contribution in [0, 0.1) is 6.92 Å². The number of nitrogen functional groups attached to an aromatic ring is 1. The second kappa shape index (κ2) is 10.6. The van der Waals surface area contributed by atoms with Crippen LogP contribution in [0.4, 0.5) is 5.95 Å². The summed E-state index contributed by atoms with van der Waals surface area (Å²) in [4.78, 5) is 6.93. The summed E-state index contributed by atoms with van der Waals surface area (Å²) in [5, 5.41) is 0. The van der Waals surface area contributed by atoms with Crippen molar-refractivity contribution < 1.29 is 0 Å². The van der Waals surface area contributed by atoms with Gasteiger partial charge in [-0.3, -0.25) is 0 Å². The molecule has 3 heteroatoms. The summed E-state index contributed by atoms with van der Waals surface area (Å²) in [7, 11) is 0. The van der Waals surface area contributed by atoms with Crippen molar-refractivity contribution in [3.8, 4) is 0 Å². The highest BCUT2D eigenvalue weighted by molar-refractivity contribution is 5.51. The molecule has 0 saturated heterocycles. The van der Waals surface area contributed by atoms with E-state index in [-0.39, 0.29) is 0 Å². The molecule has 3 nitrogen and oxygen atoms in total. The lowest BCUT2D eigenvalue weighted by atomic mass is 10.3. The van der Waals surface area contributed by atoms with Crippen molar-refractivity contribution >= 4 is 12.0 Å². The Bertz CT molecular complexity index is 285. The molecule has 0 unspecified atom stereocenters. The van der Waals surface area contributed by atoms with Crippen molar-refractivity contribution in [1.29, 1.82) is 0 Å². The zero-order valence-corrected chi connectivity index (χ0v) is 10.5. The second-order valence-electron chi connectivity index (χ2n) is 2.23. The number of nitrogens with two attached hydrogens (primary N) is 1. The van der Waals surface area contributed by atoms with Crippen LogP contribution < -0.4 is 5.73 Å². The van der Waals surface area contributed by atoms with Gasteiger partial charge in [0.1, 0.15) is 0 Å². The molecule has 0 atom stereocenters. The fraction of sp³-hybridized carbons (Fsp3) is 0.417. The van der Waals surface area contributed by atoms with Gasteiger partial charge in [0.15, 0.2) is 5.95 Å². The SMILES string of the molecule is C=C/C=C\c1nc(N)[nH]c1C.CC.CC. The standard InChI is InChI=1S/C8H11N3.2C2H6/c1-3-4-5-7-6(2)10-8(9)11-7;2*1-2/h3-5H,1H2,2H3,(H3,9,10,11);2*1-2H3/b5-4-;;. The first-order chi connectivity index (χ1) is 7.24. The van der Waals surface area contributed by atoms with Gasteiger partial charge in [0.25, 0.3) is 0 Å². The summed E-state index contributed by atoms with van der Waals surface area (Å²) in [5.41, 5.74) is 7.26. The van der Waals surface area contributed by atoms with Crippen molar-refractivity contribution in [2.45, 2.75) is 34.6 Å². The molecule has 0 aliphatic heterocycles. The van der Waals surface area contributed by atoms with Gasteiger partial charge >= 0.3 is 0 Å². The van der Waals surface area contributed by atoms with Crippen LogP contribution >= 0.6 is 0 Å². The molecule has 0 amide bonds. The summed E-state index contributed by atoms with van der Waals surface area (Å²) in [5.74, 6) is 0.450. The number of allylic oxidation sites excluding steroid dienone is 2. The molecule has 0 bridgehead atoms. The van der Waals surface area contributed by atoms with E-state index in [9.17, 15) is 0 Å². The number of rotatable bonds is 2. The molecule has 0 aliphatic rings. The van der Waals surface area contributed by atoms with Gasteiger partial charge in [-0.2, -0.15) is 0 Å². The van der Waals surface area contributed by atoms with Gasteiger partial charge in [-0.25, -0.2) is 4.98 Å². The van der Waals surface area contributed by atoms with E-state index in [4.69, 9.17) is 5.73 Å². The number of imidazole rings is 1. The van der Waals surface area contributed by atoms with Crippen LogP contribution in [0.25, 0.3) is 6.08 Å². The van der Waals surface area contributed by atoms with Gasteiger partial charge in [0, 0.05) is 5.69 Å². The van der Waals surface area contributed by atoms with E-state index in [1.54, 1.807) is 6.08 Å². The topological polar surface area (TPSA) is 54.7 Å². The predicted octanol–water partition coefficient (Wildman–Crippen LogP) is 3.55. The molecule has 0 aromatic carbocycles. The Kier molecular flexibility index (Phi) is 11.2. The van der Waals surface area contributed by atoms with Crippen molar-refractivity contribution in [1.82, 2.24) is 9.97 Å². The summed E-state index contributed by atoms with van der Waals surface area (Å²) < 4.78 is 0. The average Bonchev–Trinajstić information content (AvgIpc) is 2.60. The Morgan fingerprint density at radius 2 is 1.80 bits per heavy atom. The molecule has 0 radical (unpaired) electrons. The minimum atomic E-state index is 0.450. The number of aromatic nitrogens is 2. The Morgan fingerprint density at radius 3 is 2.13 bits per heavy atom. The molecular formula is C12H23N3. The van der Waals surface area contributed by atoms with E-state index in [1.165, 1.54) is 0 Å². The molecule has 15 heavy (non-hydrogen) atoms. The Hall–Kier alpha value is -1.51. The Morgan fingerprint density at radius 1 is 1.27 bits per heavy atom. The molecule has 0 fully saturated rings. The van der Waals surface area contributed by atoms with Gasteiger partial charge in [0.05, 0.1) is 5.69 Å². The largest absolute Gasteiger partial charge is 0.369 e. The summed E-state index contributed by atoms with van der Waals surface area (Å²) >= 11 is 0. The number of hydrogen-bond acceptors (Lipinski definition) is 2. The zero-order valence-electron chi connectivity index (χ0n) is 10.5. The van der Waals surface area contributed by atoms with Crippen molar-refractivity contribution in [2.24, 2.45) is 0 Å². The molecule has 1 rings (SSSR count). The Balaban J connectivity index is 0. The van der Waals surface area contributed by atoms with E-state index >= 15 is 0 Å². The monoisotopic (exact) mass is 209 g/mol. The van der Waals surface area contributed by atoms with E-state index in [2.05, 4.69) is 16.5 Å². The van der Waals surface area contributed by atoms with Gasteiger partial charge in [-0.1, -0.05) is 46.4 Å². The second-order valence-corrected chi connectivity index (χ2v) is 2.23. The first kappa shape index (κ1) is 15.9. The summed E-state index contributed by atoms with van der Waals surface area (Å²) in [6.45, 7) is 13.5. The normalized spacial score (nSPS) is 8.60. The summed E-state index contributed by atoms with van der Waals surface area (Å²) in [6.07, 6.45) is 5.38. The molecule has 0 saturated carbocycles. The third kappa shape index (κ3) is 6.55. The first-order valence-corrected chi connectivity index (χ1v) is 5.35. The lowest BCUT2D eigenvalue weighted by molar-refractivity contribution is 1.26. The molecule has 0 spiro atoms. The van der Waals surface area contributed by atoms with E-state index in [0.717, 1.165) is 11.4 Å². The fourth-order valence-electron chi connectivity index (χ4n) is 0.819.